The van der Waals surface area contributed by atoms with Gasteiger partial charge in [-0.05, 0) is 67.2 Å². The maximum absolute atomic E-state index is 12.3. The summed E-state index contributed by atoms with van der Waals surface area (Å²) in [5, 5.41) is 5.68. The lowest BCUT2D eigenvalue weighted by molar-refractivity contribution is 0.0975. The number of thiocarbonyl (C=S) groups is 1. The highest BCUT2D eigenvalue weighted by Gasteiger charge is 2.09. The molecular weight excluding hydrogens is 386 g/mol. The Bertz CT molecular complexity index is 820. The Morgan fingerprint density at radius 2 is 1.55 bits per heavy atom. The normalized spacial score (nSPS) is 10.2. The van der Waals surface area contributed by atoms with Gasteiger partial charge < -0.3 is 15.8 Å². The minimum atomic E-state index is -0.503. The fraction of sp³-hybridized carbons (Fsp3) is 0.318. The Hall–Kier alpha value is -2.93. The number of carbonyl (C=O) groups excluding carboxylic acids is 2. The number of nitrogens with two attached hydrogens (primary N) is 1. The lowest BCUT2D eigenvalue weighted by atomic mass is 10.2. The summed E-state index contributed by atoms with van der Waals surface area (Å²) in [7, 11) is 0. The van der Waals surface area contributed by atoms with E-state index in [4.69, 9.17) is 22.7 Å². The van der Waals surface area contributed by atoms with Gasteiger partial charge in [0.15, 0.2) is 5.11 Å². The van der Waals surface area contributed by atoms with Crippen LogP contribution < -0.4 is 21.1 Å². The Balaban J connectivity index is 1.77. The number of rotatable bonds is 10. The predicted octanol–water partition coefficient (Wildman–Crippen LogP) is 4.26. The Kier molecular flexibility index (Phi) is 9.11. The van der Waals surface area contributed by atoms with Crippen LogP contribution in [0.15, 0.2) is 48.5 Å². The number of unbranched alkanes of at least 4 members (excludes halogenated alkanes) is 4. The molecule has 154 valence electrons. The predicted molar refractivity (Wildman–Crippen MR) is 119 cm³/mol. The highest BCUT2D eigenvalue weighted by Crippen LogP contribution is 2.14. The fourth-order valence-corrected chi connectivity index (χ4v) is 2.86. The van der Waals surface area contributed by atoms with Crippen molar-refractivity contribution in [1.82, 2.24) is 5.32 Å². The third kappa shape index (κ3) is 7.91. The minimum Gasteiger partial charge on any atom is -0.494 e. The molecule has 6 nitrogen and oxygen atoms in total. The minimum absolute atomic E-state index is 0.161. The van der Waals surface area contributed by atoms with E-state index >= 15 is 0 Å². The van der Waals surface area contributed by atoms with Crippen molar-refractivity contribution < 1.29 is 14.3 Å². The monoisotopic (exact) mass is 413 g/mol. The van der Waals surface area contributed by atoms with E-state index in [0.29, 0.717) is 23.4 Å². The zero-order valence-corrected chi connectivity index (χ0v) is 17.4. The molecule has 2 aromatic rings. The number of amides is 2. The van der Waals surface area contributed by atoms with Crippen molar-refractivity contribution >= 4 is 34.8 Å². The third-order valence-corrected chi connectivity index (χ3v) is 4.49. The van der Waals surface area contributed by atoms with Crippen LogP contribution >= 0.6 is 12.2 Å². The van der Waals surface area contributed by atoms with Crippen LogP contribution in [-0.4, -0.2) is 23.5 Å². The summed E-state index contributed by atoms with van der Waals surface area (Å²) >= 11 is 5.16. The molecule has 0 aliphatic carbocycles. The van der Waals surface area contributed by atoms with Crippen LogP contribution in [0.1, 0.15) is 59.7 Å². The summed E-state index contributed by atoms with van der Waals surface area (Å²) in [5.74, 6) is -0.0778. The second-order valence-electron chi connectivity index (χ2n) is 6.64. The van der Waals surface area contributed by atoms with Crippen molar-refractivity contribution in [3.05, 3.63) is 59.7 Å². The summed E-state index contributed by atoms with van der Waals surface area (Å²) in [6.07, 6.45) is 5.93. The summed E-state index contributed by atoms with van der Waals surface area (Å²) in [4.78, 5) is 23.4. The summed E-state index contributed by atoms with van der Waals surface area (Å²) < 4.78 is 5.70. The number of hydrogen-bond donors (Lipinski definition) is 3. The summed E-state index contributed by atoms with van der Waals surface area (Å²) in [5.41, 5.74) is 6.73. The van der Waals surface area contributed by atoms with E-state index in [1.165, 1.54) is 25.7 Å². The molecule has 4 N–H and O–H groups in total. The van der Waals surface area contributed by atoms with Crippen molar-refractivity contribution in [3.8, 4) is 5.75 Å². The molecule has 2 rings (SSSR count). The first-order valence-electron chi connectivity index (χ1n) is 9.74. The quantitative estimate of drug-likeness (QED) is 0.400. The van der Waals surface area contributed by atoms with E-state index in [0.717, 1.165) is 12.2 Å². The van der Waals surface area contributed by atoms with Crippen LogP contribution in [0, 0.1) is 0 Å². The van der Waals surface area contributed by atoms with E-state index in [1.54, 1.807) is 48.5 Å². The molecule has 7 heteroatoms. The van der Waals surface area contributed by atoms with Crippen LogP contribution in [0.25, 0.3) is 0 Å². The molecule has 0 aliphatic rings. The van der Waals surface area contributed by atoms with E-state index in [2.05, 4.69) is 17.6 Å². The maximum Gasteiger partial charge on any atom is 0.257 e. The maximum atomic E-state index is 12.3. The first kappa shape index (κ1) is 22.4. The zero-order chi connectivity index (χ0) is 21.1. The Labute approximate surface area is 176 Å². The van der Waals surface area contributed by atoms with E-state index in [9.17, 15) is 9.59 Å². The summed E-state index contributed by atoms with van der Waals surface area (Å²) in [6, 6.07) is 13.4. The van der Waals surface area contributed by atoms with Crippen molar-refractivity contribution in [2.45, 2.75) is 39.0 Å². The molecule has 0 saturated heterocycles. The number of anilines is 1. The highest BCUT2D eigenvalue weighted by molar-refractivity contribution is 7.80. The van der Waals surface area contributed by atoms with Crippen LogP contribution in [0.5, 0.6) is 5.75 Å². The van der Waals surface area contributed by atoms with Crippen molar-refractivity contribution in [3.63, 3.8) is 0 Å². The molecule has 29 heavy (non-hydrogen) atoms. The molecule has 2 amide bonds. The van der Waals surface area contributed by atoms with E-state index in [1.807, 2.05) is 0 Å². The molecule has 2 aromatic carbocycles. The summed E-state index contributed by atoms with van der Waals surface area (Å²) in [6.45, 7) is 2.87. The number of hydrogen-bond acceptors (Lipinski definition) is 4. The number of benzene rings is 2. The topological polar surface area (TPSA) is 93.4 Å². The van der Waals surface area contributed by atoms with Gasteiger partial charge in [-0.3, -0.25) is 14.9 Å². The van der Waals surface area contributed by atoms with Crippen LogP contribution in [0.4, 0.5) is 5.69 Å². The molecule has 0 spiro atoms. The average molecular weight is 414 g/mol. The smallest absolute Gasteiger partial charge is 0.257 e. The van der Waals surface area contributed by atoms with Gasteiger partial charge in [0.25, 0.3) is 5.91 Å². The molecule has 0 aromatic heterocycles. The van der Waals surface area contributed by atoms with Crippen LogP contribution in [-0.2, 0) is 0 Å². The molecular formula is C22H27N3O3S. The van der Waals surface area contributed by atoms with E-state index in [-0.39, 0.29) is 11.0 Å². The zero-order valence-electron chi connectivity index (χ0n) is 16.6. The van der Waals surface area contributed by atoms with Crippen molar-refractivity contribution in [1.29, 1.82) is 0 Å². The van der Waals surface area contributed by atoms with Crippen LogP contribution in [0.2, 0.25) is 0 Å². The molecule has 0 fully saturated rings. The largest absolute Gasteiger partial charge is 0.494 e. The molecule has 0 aliphatic heterocycles. The van der Waals surface area contributed by atoms with Gasteiger partial charge in [-0.1, -0.05) is 32.6 Å². The number of carbonyl (C=O) groups is 2. The van der Waals surface area contributed by atoms with Gasteiger partial charge >= 0.3 is 0 Å². The highest BCUT2D eigenvalue weighted by atomic mass is 32.1. The van der Waals surface area contributed by atoms with Gasteiger partial charge in [0, 0.05) is 16.8 Å². The second kappa shape index (κ2) is 11.8. The van der Waals surface area contributed by atoms with Gasteiger partial charge in [-0.2, -0.15) is 0 Å². The Morgan fingerprint density at radius 1 is 0.931 bits per heavy atom. The molecule has 0 atom stereocenters. The lowest BCUT2D eigenvalue weighted by Crippen LogP contribution is -2.34. The molecule has 0 bridgehead atoms. The number of primary amides is 1. The lowest BCUT2D eigenvalue weighted by Gasteiger charge is -2.10. The van der Waals surface area contributed by atoms with Crippen molar-refractivity contribution in [2.75, 3.05) is 11.9 Å². The third-order valence-electron chi connectivity index (χ3n) is 4.29. The molecule has 0 saturated carbocycles. The Morgan fingerprint density at radius 3 is 2.17 bits per heavy atom. The van der Waals surface area contributed by atoms with Gasteiger partial charge in [0.1, 0.15) is 5.75 Å². The van der Waals surface area contributed by atoms with Crippen LogP contribution in [0.3, 0.4) is 0 Å². The molecule has 0 radical (unpaired) electrons. The van der Waals surface area contributed by atoms with Gasteiger partial charge in [0.2, 0.25) is 5.91 Å². The molecule has 0 heterocycles. The first-order chi connectivity index (χ1) is 14.0. The number of ether oxygens (including phenoxy) is 1. The van der Waals surface area contributed by atoms with Gasteiger partial charge in [0.05, 0.1) is 6.61 Å². The van der Waals surface area contributed by atoms with Gasteiger partial charge in [-0.15, -0.1) is 0 Å². The second-order valence-corrected chi connectivity index (χ2v) is 7.05. The van der Waals surface area contributed by atoms with Gasteiger partial charge in [-0.25, -0.2) is 0 Å². The van der Waals surface area contributed by atoms with Crippen molar-refractivity contribution in [2.24, 2.45) is 5.73 Å². The first-order valence-corrected chi connectivity index (χ1v) is 10.2. The fourth-order valence-electron chi connectivity index (χ4n) is 2.65. The number of nitrogens with one attached hydrogen (secondary N) is 2. The average Bonchev–Trinajstić information content (AvgIpc) is 2.71. The molecule has 0 unspecified atom stereocenters. The van der Waals surface area contributed by atoms with E-state index < -0.39 is 5.91 Å². The standard InChI is InChI=1S/C22H27N3O3S/c1-2-3-4-5-6-15-28-19-13-9-17(10-14-19)21(27)25-22(29)24-18-11-7-16(8-12-18)20(23)26/h7-14H,2-6,15H2,1H3,(H2,23,26)(H2,24,25,27,29). The SMILES string of the molecule is CCCCCCCOc1ccc(C(=O)NC(=S)Nc2ccc(C(N)=O)cc2)cc1.